The zero-order valence-electron chi connectivity index (χ0n) is 15.1. The van der Waals surface area contributed by atoms with Gasteiger partial charge in [0, 0.05) is 25.2 Å². The van der Waals surface area contributed by atoms with Crippen LogP contribution in [0.5, 0.6) is 0 Å². The third-order valence-corrected chi connectivity index (χ3v) is 7.86. The molecule has 0 bridgehead atoms. The molecule has 26 heavy (non-hydrogen) atoms. The number of nitrogens with zero attached hydrogens (tertiary/aromatic N) is 2. The number of aliphatic hydroxyl groups is 1. The molecule has 0 saturated heterocycles. The van der Waals surface area contributed by atoms with E-state index in [0.29, 0.717) is 25.8 Å². The summed E-state index contributed by atoms with van der Waals surface area (Å²) in [5.41, 5.74) is 1.76. The van der Waals surface area contributed by atoms with Crippen LogP contribution in [-0.4, -0.2) is 49.5 Å². The zero-order valence-corrected chi connectivity index (χ0v) is 15.9. The van der Waals surface area contributed by atoms with E-state index in [9.17, 15) is 18.3 Å². The Morgan fingerprint density at radius 1 is 1.19 bits per heavy atom. The van der Waals surface area contributed by atoms with Crippen LogP contribution in [0.2, 0.25) is 0 Å². The molecule has 1 amide bonds. The average Bonchev–Trinajstić information content (AvgIpc) is 3.40. The van der Waals surface area contributed by atoms with Crippen molar-refractivity contribution in [1.29, 1.82) is 0 Å². The van der Waals surface area contributed by atoms with E-state index in [-0.39, 0.29) is 22.8 Å². The molecule has 2 aliphatic carbocycles. The summed E-state index contributed by atoms with van der Waals surface area (Å²) in [5.74, 6) is 0.324. The predicted molar refractivity (Wildman–Crippen MR) is 98.4 cm³/mol. The van der Waals surface area contributed by atoms with Crippen molar-refractivity contribution < 1.29 is 18.3 Å². The largest absolute Gasteiger partial charge is 0.391 e. The summed E-state index contributed by atoms with van der Waals surface area (Å²) < 4.78 is 27.4. The Balaban J connectivity index is 1.59. The lowest BCUT2D eigenvalue weighted by atomic mass is 9.93. The maximum absolute atomic E-state index is 13.0. The fourth-order valence-electron chi connectivity index (χ4n) is 4.18. The van der Waals surface area contributed by atoms with Crippen molar-refractivity contribution in [2.24, 2.45) is 5.92 Å². The molecule has 1 heterocycles. The van der Waals surface area contributed by atoms with Crippen molar-refractivity contribution in [3.05, 3.63) is 23.8 Å². The summed E-state index contributed by atoms with van der Waals surface area (Å²) in [6.45, 7) is 0.630. The number of carbonyl (C=O) groups excluding carboxylic acids is 1. The molecule has 0 unspecified atom stereocenters. The van der Waals surface area contributed by atoms with Gasteiger partial charge in [0.2, 0.25) is 15.9 Å². The van der Waals surface area contributed by atoms with Gasteiger partial charge in [-0.25, -0.2) is 8.42 Å². The van der Waals surface area contributed by atoms with Gasteiger partial charge in [-0.1, -0.05) is 12.8 Å². The standard InChI is InChI=1S/C19H26N2O4S/c1-20(17-4-2-3-5-18(17)22)26(24,25)15-8-9-16-14(12-15)10-11-21(16)19(23)13-6-7-13/h8-9,12-13,17-18,22H,2-7,10-11H2,1H3/t17-,18-/m1/s1. The molecule has 1 aliphatic heterocycles. The summed E-state index contributed by atoms with van der Waals surface area (Å²) in [4.78, 5) is 14.4. The Hall–Kier alpha value is -1.44. The van der Waals surface area contributed by atoms with Crippen LogP contribution in [-0.2, 0) is 21.2 Å². The highest BCUT2D eigenvalue weighted by molar-refractivity contribution is 7.89. The Bertz CT molecular complexity index is 819. The van der Waals surface area contributed by atoms with Crippen LogP contribution in [0.4, 0.5) is 5.69 Å². The van der Waals surface area contributed by atoms with Crippen molar-refractivity contribution in [2.45, 2.75) is 62.0 Å². The minimum atomic E-state index is -3.66. The van der Waals surface area contributed by atoms with Gasteiger partial charge in [0.15, 0.2) is 0 Å². The maximum atomic E-state index is 13.0. The number of sulfonamides is 1. The molecule has 2 fully saturated rings. The monoisotopic (exact) mass is 378 g/mol. The molecule has 0 aromatic heterocycles. The summed E-state index contributed by atoms with van der Waals surface area (Å²) in [5, 5.41) is 10.2. The van der Waals surface area contributed by atoms with Crippen LogP contribution in [0, 0.1) is 5.92 Å². The fraction of sp³-hybridized carbons (Fsp3) is 0.632. The van der Waals surface area contributed by atoms with Crippen LogP contribution in [0.15, 0.2) is 23.1 Å². The number of rotatable bonds is 4. The molecule has 4 rings (SSSR count). The Kier molecular flexibility index (Phi) is 4.57. The average molecular weight is 378 g/mol. The van der Waals surface area contributed by atoms with E-state index in [4.69, 9.17) is 0 Å². The van der Waals surface area contributed by atoms with E-state index in [0.717, 1.165) is 36.9 Å². The normalized spacial score (nSPS) is 26.2. The van der Waals surface area contributed by atoms with Gasteiger partial charge in [-0.2, -0.15) is 4.31 Å². The first-order chi connectivity index (χ1) is 12.4. The molecule has 1 N–H and O–H groups in total. The van der Waals surface area contributed by atoms with Crippen LogP contribution >= 0.6 is 0 Å². The molecule has 1 aromatic rings. The summed E-state index contributed by atoms with van der Waals surface area (Å²) in [6.07, 6.45) is 5.21. The number of benzene rings is 1. The number of hydrogen-bond acceptors (Lipinski definition) is 4. The summed E-state index contributed by atoms with van der Waals surface area (Å²) >= 11 is 0. The number of likely N-dealkylation sites (N-methyl/N-ethyl adjacent to an activating group) is 1. The fourth-order valence-corrected chi connectivity index (χ4v) is 5.64. The van der Waals surface area contributed by atoms with E-state index in [1.807, 2.05) is 0 Å². The Morgan fingerprint density at radius 2 is 1.92 bits per heavy atom. The quantitative estimate of drug-likeness (QED) is 0.868. The van der Waals surface area contributed by atoms with Crippen LogP contribution in [0.3, 0.4) is 0 Å². The van der Waals surface area contributed by atoms with E-state index < -0.39 is 16.1 Å². The zero-order chi connectivity index (χ0) is 18.5. The Labute approximate surface area is 154 Å². The lowest BCUT2D eigenvalue weighted by molar-refractivity contribution is -0.119. The number of fused-ring (bicyclic) bond motifs is 1. The molecular weight excluding hydrogens is 352 g/mol. The van der Waals surface area contributed by atoms with E-state index in [2.05, 4.69) is 0 Å². The molecule has 3 aliphatic rings. The van der Waals surface area contributed by atoms with Gasteiger partial charge in [-0.3, -0.25) is 4.79 Å². The predicted octanol–water partition coefficient (Wildman–Crippen LogP) is 1.91. The minimum Gasteiger partial charge on any atom is -0.391 e. The first-order valence-corrected chi connectivity index (χ1v) is 10.9. The lowest BCUT2D eigenvalue weighted by Crippen LogP contribution is -2.46. The van der Waals surface area contributed by atoms with Crippen LogP contribution < -0.4 is 4.90 Å². The molecular formula is C19H26N2O4S. The second-order valence-electron chi connectivity index (χ2n) is 7.75. The number of anilines is 1. The number of carbonyl (C=O) groups is 1. The molecule has 0 spiro atoms. The van der Waals surface area contributed by atoms with E-state index in [1.54, 1.807) is 30.1 Å². The van der Waals surface area contributed by atoms with Gasteiger partial charge in [0.05, 0.1) is 17.0 Å². The summed E-state index contributed by atoms with van der Waals surface area (Å²) in [7, 11) is -2.10. The van der Waals surface area contributed by atoms with Gasteiger partial charge in [0.1, 0.15) is 0 Å². The first kappa shape index (κ1) is 17.9. The smallest absolute Gasteiger partial charge is 0.243 e. The maximum Gasteiger partial charge on any atom is 0.243 e. The van der Waals surface area contributed by atoms with Crippen LogP contribution in [0.25, 0.3) is 0 Å². The van der Waals surface area contributed by atoms with Gasteiger partial charge >= 0.3 is 0 Å². The minimum absolute atomic E-state index is 0.156. The van der Waals surface area contributed by atoms with Crippen molar-refractivity contribution in [3.63, 3.8) is 0 Å². The molecule has 2 saturated carbocycles. The number of aliphatic hydroxyl groups excluding tert-OH is 1. The third-order valence-electron chi connectivity index (χ3n) is 5.98. The van der Waals surface area contributed by atoms with Gasteiger partial charge in [-0.15, -0.1) is 0 Å². The first-order valence-electron chi connectivity index (χ1n) is 9.50. The third kappa shape index (κ3) is 3.06. The molecule has 142 valence electrons. The number of hydrogen-bond donors (Lipinski definition) is 1. The van der Waals surface area contributed by atoms with Crippen molar-refractivity contribution in [3.8, 4) is 0 Å². The van der Waals surface area contributed by atoms with Crippen LogP contribution in [0.1, 0.15) is 44.1 Å². The van der Waals surface area contributed by atoms with Crippen molar-refractivity contribution in [2.75, 3.05) is 18.5 Å². The molecule has 1 aromatic carbocycles. The molecule has 0 radical (unpaired) electrons. The topological polar surface area (TPSA) is 77.9 Å². The molecule has 6 nitrogen and oxygen atoms in total. The SMILES string of the molecule is CN([C@@H]1CCCC[C@H]1O)S(=O)(=O)c1ccc2c(c1)CCN2C(=O)C1CC1. The highest BCUT2D eigenvalue weighted by atomic mass is 32.2. The van der Waals surface area contributed by atoms with Gasteiger partial charge in [-0.05, 0) is 55.9 Å². The van der Waals surface area contributed by atoms with E-state index in [1.165, 1.54) is 4.31 Å². The van der Waals surface area contributed by atoms with Gasteiger partial charge < -0.3 is 10.0 Å². The Morgan fingerprint density at radius 3 is 2.62 bits per heavy atom. The highest BCUT2D eigenvalue weighted by Gasteiger charge is 2.38. The lowest BCUT2D eigenvalue weighted by Gasteiger charge is -2.34. The van der Waals surface area contributed by atoms with Gasteiger partial charge in [0.25, 0.3) is 0 Å². The summed E-state index contributed by atoms with van der Waals surface area (Å²) in [6, 6.07) is 4.70. The second-order valence-corrected chi connectivity index (χ2v) is 9.74. The highest BCUT2D eigenvalue weighted by Crippen LogP contribution is 2.37. The number of amides is 1. The second kappa shape index (κ2) is 6.62. The molecule has 7 heteroatoms. The van der Waals surface area contributed by atoms with E-state index >= 15 is 0 Å². The van der Waals surface area contributed by atoms with Crippen molar-refractivity contribution >= 4 is 21.6 Å². The molecule has 2 atom stereocenters. The van der Waals surface area contributed by atoms with Crippen molar-refractivity contribution in [1.82, 2.24) is 4.31 Å².